The van der Waals surface area contributed by atoms with E-state index in [1.807, 2.05) is 0 Å². The molecule has 0 spiro atoms. The highest BCUT2D eigenvalue weighted by Crippen LogP contribution is 1.97. The number of hydrogen-bond donors (Lipinski definition) is 4. The summed E-state index contributed by atoms with van der Waals surface area (Å²) in [4.78, 5) is 20.6. The van der Waals surface area contributed by atoms with Gasteiger partial charge in [-0.3, -0.25) is 4.79 Å². The molecule has 0 aromatic rings. The molecular weight excluding hydrogens is 196 g/mol. The molecule has 0 heterocycles. The number of rotatable bonds is 5. The smallest absolute Gasteiger partial charge is 0.326 e. The molecule has 0 fully saturated rings. The first-order valence-electron chi connectivity index (χ1n) is 3.44. The zero-order chi connectivity index (χ0) is 10.4. The van der Waals surface area contributed by atoms with E-state index in [9.17, 15) is 9.59 Å². The van der Waals surface area contributed by atoms with Crippen LogP contribution in [0.1, 0.15) is 12.8 Å². The summed E-state index contributed by atoms with van der Waals surface area (Å²) in [6.45, 7) is 0. The van der Waals surface area contributed by atoms with Crippen LogP contribution in [-0.4, -0.2) is 33.3 Å². The predicted octanol–water partition coefficient (Wildman–Crippen LogP) is -0.862. The molecule has 0 aliphatic carbocycles. The Kier molecular flexibility index (Phi) is 4.75. The number of aliphatic carboxylic acids is 2. The standard InChI is InChI=1S/C6H10N2O4S/c7-6(13)8-3(5(11)12)1-2-4(9)10/h3H,1-2H2,(H,9,10)(H,11,12)(H3,7,8,13). The van der Waals surface area contributed by atoms with Crippen LogP contribution in [0, 0.1) is 0 Å². The van der Waals surface area contributed by atoms with Gasteiger partial charge in [0.15, 0.2) is 5.11 Å². The van der Waals surface area contributed by atoms with Crippen LogP contribution in [0.15, 0.2) is 0 Å². The Morgan fingerprint density at radius 1 is 1.46 bits per heavy atom. The summed E-state index contributed by atoms with van der Waals surface area (Å²) in [6, 6.07) is -1.03. The molecule has 1 atom stereocenters. The summed E-state index contributed by atoms with van der Waals surface area (Å²) in [7, 11) is 0. The van der Waals surface area contributed by atoms with Crippen molar-refractivity contribution in [3.63, 3.8) is 0 Å². The van der Waals surface area contributed by atoms with Crippen molar-refractivity contribution in [1.82, 2.24) is 5.32 Å². The van der Waals surface area contributed by atoms with Gasteiger partial charge in [0.05, 0.1) is 0 Å². The third kappa shape index (κ3) is 5.85. The lowest BCUT2D eigenvalue weighted by molar-refractivity contribution is -0.140. The van der Waals surface area contributed by atoms with Gasteiger partial charge < -0.3 is 21.3 Å². The van der Waals surface area contributed by atoms with Gasteiger partial charge in [0.25, 0.3) is 0 Å². The number of carboxylic acid groups (broad SMARTS) is 2. The van der Waals surface area contributed by atoms with Crippen LogP contribution in [0.5, 0.6) is 0 Å². The largest absolute Gasteiger partial charge is 0.481 e. The Morgan fingerprint density at radius 3 is 2.31 bits per heavy atom. The fourth-order valence-electron chi connectivity index (χ4n) is 0.697. The average Bonchev–Trinajstić information content (AvgIpc) is 1.96. The van der Waals surface area contributed by atoms with Crippen LogP contribution in [0.4, 0.5) is 0 Å². The Hall–Kier alpha value is -1.37. The minimum absolute atomic E-state index is 0.0536. The van der Waals surface area contributed by atoms with Crippen molar-refractivity contribution in [2.45, 2.75) is 18.9 Å². The van der Waals surface area contributed by atoms with Gasteiger partial charge in [-0.2, -0.15) is 0 Å². The second-order valence-electron chi connectivity index (χ2n) is 2.33. The Labute approximate surface area is 79.7 Å². The van der Waals surface area contributed by atoms with E-state index in [0.717, 1.165) is 0 Å². The molecule has 0 saturated heterocycles. The molecule has 13 heavy (non-hydrogen) atoms. The van der Waals surface area contributed by atoms with Crippen molar-refractivity contribution in [2.24, 2.45) is 5.73 Å². The highest BCUT2D eigenvalue weighted by atomic mass is 32.1. The van der Waals surface area contributed by atoms with Gasteiger partial charge in [-0.25, -0.2) is 4.79 Å². The fraction of sp³-hybridized carbons (Fsp3) is 0.500. The first kappa shape index (κ1) is 11.6. The van der Waals surface area contributed by atoms with Gasteiger partial charge in [0.2, 0.25) is 0 Å². The molecule has 0 aromatic carbocycles. The molecule has 0 radical (unpaired) electrons. The van der Waals surface area contributed by atoms with E-state index in [1.54, 1.807) is 0 Å². The van der Waals surface area contributed by atoms with Crippen molar-refractivity contribution in [3.05, 3.63) is 0 Å². The molecule has 0 rings (SSSR count). The summed E-state index contributed by atoms with van der Waals surface area (Å²) >= 11 is 4.43. The molecule has 1 unspecified atom stereocenters. The highest BCUT2D eigenvalue weighted by Gasteiger charge is 2.18. The molecule has 7 heteroatoms. The summed E-state index contributed by atoms with van der Waals surface area (Å²) in [5.41, 5.74) is 5.05. The molecule has 74 valence electrons. The number of carbonyl (C=O) groups is 2. The minimum Gasteiger partial charge on any atom is -0.481 e. The van der Waals surface area contributed by atoms with Crippen molar-refractivity contribution >= 4 is 29.3 Å². The molecular formula is C6H10N2O4S. The summed E-state index contributed by atoms with van der Waals surface area (Å²) in [6.07, 6.45) is -0.297. The van der Waals surface area contributed by atoms with Gasteiger partial charge in [0, 0.05) is 6.42 Å². The van der Waals surface area contributed by atoms with E-state index in [-0.39, 0.29) is 18.0 Å². The van der Waals surface area contributed by atoms with Crippen LogP contribution in [0.2, 0.25) is 0 Å². The Bertz CT molecular complexity index is 231. The maximum absolute atomic E-state index is 10.5. The van der Waals surface area contributed by atoms with Gasteiger partial charge in [-0.15, -0.1) is 0 Å². The van der Waals surface area contributed by atoms with Gasteiger partial charge in [-0.05, 0) is 18.6 Å². The first-order chi connectivity index (χ1) is 5.93. The summed E-state index contributed by atoms with van der Waals surface area (Å²) < 4.78 is 0. The molecule has 0 saturated carbocycles. The van der Waals surface area contributed by atoms with E-state index in [2.05, 4.69) is 17.5 Å². The second kappa shape index (κ2) is 5.31. The normalized spacial score (nSPS) is 11.7. The molecule has 0 aromatic heterocycles. The lowest BCUT2D eigenvalue weighted by Crippen LogP contribution is -2.43. The van der Waals surface area contributed by atoms with Crippen LogP contribution < -0.4 is 11.1 Å². The SMILES string of the molecule is NC(=S)NC(CCC(=O)O)C(=O)O. The maximum atomic E-state index is 10.5. The Balaban J connectivity index is 4.02. The predicted molar refractivity (Wildman–Crippen MR) is 48.2 cm³/mol. The number of nitrogens with two attached hydrogens (primary N) is 1. The van der Waals surface area contributed by atoms with Crippen molar-refractivity contribution in [2.75, 3.05) is 0 Å². The molecule has 0 aliphatic rings. The summed E-state index contributed by atoms with van der Waals surface area (Å²) in [5, 5.41) is 19.0. The number of nitrogens with one attached hydrogen (secondary N) is 1. The van der Waals surface area contributed by atoms with E-state index >= 15 is 0 Å². The topological polar surface area (TPSA) is 113 Å². The van der Waals surface area contributed by atoms with Gasteiger partial charge >= 0.3 is 11.9 Å². The van der Waals surface area contributed by atoms with E-state index in [1.165, 1.54) is 0 Å². The second-order valence-corrected chi connectivity index (χ2v) is 2.77. The average molecular weight is 206 g/mol. The maximum Gasteiger partial charge on any atom is 0.326 e. The lowest BCUT2D eigenvalue weighted by atomic mass is 10.1. The monoisotopic (exact) mass is 206 g/mol. The first-order valence-corrected chi connectivity index (χ1v) is 3.85. The molecule has 0 aliphatic heterocycles. The lowest BCUT2D eigenvalue weighted by Gasteiger charge is -2.12. The van der Waals surface area contributed by atoms with Crippen LogP contribution in [0.3, 0.4) is 0 Å². The van der Waals surface area contributed by atoms with E-state index < -0.39 is 18.0 Å². The zero-order valence-corrected chi connectivity index (χ0v) is 7.50. The quantitative estimate of drug-likeness (QED) is 0.433. The third-order valence-electron chi connectivity index (χ3n) is 1.26. The molecule has 6 nitrogen and oxygen atoms in total. The Morgan fingerprint density at radius 2 is 2.00 bits per heavy atom. The molecule has 5 N–H and O–H groups in total. The van der Waals surface area contributed by atoms with Crippen LogP contribution in [0.25, 0.3) is 0 Å². The fourth-order valence-corrected chi connectivity index (χ4v) is 0.839. The van der Waals surface area contributed by atoms with E-state index in [4.69, 9.17) is 15.9 Å². The third-order valence-corrected chi connectivity index (χ3v) is 1.38. The number of hydrogen-bond acceptors (Lipinski definition) is 3. The number of carboxylic acids is 2. The van der Waals surface area contributed by atoms with Crippen molar-refractivity contribution in [1.29, 1.82) is 0 Å². The van der Waals surface area contributed by atoms with Crippen molar-refractivity contribution < 1.29 is 19.8 Å². The van der Waals surface area contributed by atoms with E-state index in [0.29, 0.717) is 0 Å². The zero-order valence-electron chi connectivity index (χ0n) is 6.69. The summed E-state index contributed by atoms with van der Waals surface area (Å²) in [5.74, 6) is -2.23. The number of thiocarbonyl (C=S) groups is 1. The van der Waals surface area contributed by atoms with Crippen molar-refractivity contribution in [3.8, 4) is 0 Å². The van der Waals surface area contributed by atoms with Crippen LogP contribution in [-0.2, 0) is 9.59 Å². The molecule has 0 amide bonds. The van der Waals surface area contributed by atoms with Gasteiger partial charge in [0.1, 0.15) is 6.04 Å². The highest BCUT2D eigenvalue weighted by molar-refractivity contribution is 7.80. The minimum atomic E-state index is -1.17. The van der Waals surface area contributed by atoms with Gasteiger partial charge in [-0.1, -0.05) is 0 Å². The van der Waals surface area contributed by atoms with Crippen LogP contribution >= 0.6 is 12.2 Å². The molecule has 0 bridgehead atoms.